The average Bonchev–Trinajstić information content (AvgIpc) is 3.55. The van der Waals surface area contributed by atoms with Crippen molar-refractivity contribution >= 4 is 49.2 Å². The van der Waals surface area contributed by atoms with Crippen LogP contribution in [0.4, 0.5) is 5.82 Å². The maximum Gasteiger partial charge on any atom is 0.316 e. The molecule has 5 rings (SSSR count). The molecule has 220 valence electrons. The van der Waals surface area contributed by atoms with E-state index in [1.54, 1.807) is 48.8 Å². The first-order valence-electron chi connectivity index (χ1n) is 12.4. The van der Waals surface area contributed by atoms with Gasteiger partial charge in [0.2, 0.25) is 11.6 Å². The molecule has 43 heavy (non-hydrogen) atoms. The summed E-state index contributed by atoms with van der Waals surface area (Å²) in [6, 6.07) is 12.2. The number of halogens is 1. The highest BCUT2D eigenvalue weighted by Gasteiger charge is 2.24. The summed E-state index contributed by atoms with van der Waals surface area (Å²) in [6.45, 7) is -0.0141. The van der Waals surface area contributed by atoms with E-state index in [-0.39, 0.29) is 54.1 Å². The molecule has 0 atom stereocenters. The van der Waals surface area contributed by atoms with Crippen molar-refractivity contribution in [1.82, 2.24) is 29.9 Å². The predicted molar refractivity (Wildman–Crippen MR) is 163 cm³/mol. The Labute approximate surface area is 258 Å². The van der Waals surface area contributed by atoms with E-state index < -0.39 is 10.0 Å². The summed E-state index contributed by atoms with van der Waals surface area (Å²) in [5, 5.41) is 2.87. The Hall–Kier alpha value is -4.67. The molecule has 13 nitrogen and oxygen atoms in total. The van der Waals surface area contributed by atoms with Gasteiger partial charge in [0.1, 0.15) is 13.2 Å². The monoisotopic (exact) mass is 683 g/mol. The summed E-state index contributed by atoms with van der Waals surface area (Å²) in [6.07, 6.45) is 7.57. The summed E-state index contributed by atoms with van der Waals surface area (Å²) in [5.41, 5.74) is 0. The Morgan fingerprint density at radius 1 is 0.907 bits per heavy atom. The molecule has 0 radical (unpaired) electrons. The van der Waals surface area contributed by atoms with Gasteiger partial charge >= 0.3 is 6.01 Å². The van der Waals surface area contributed by atoms with Crippen LogP contribution in [0.3, 0.4) is 0 Å². The second-order valence-corrected chi connectivity index (χ2v) is 11.7. The van der Waals surface area contributed by atoms with Crippen LogP contribution >= 0.6 is 27.3 Å². The first kappa shape index (κ1) is 29.8. The number of para-hydroxylation sites is 2. The van der Waals surface area contributed by atoms with Gasteiger partial charge in [-0.1, -0.05) is 18.2 Å². The number of hydrogen-bond acceptors (Lipinski definition) is 13. The Kier molecular flexibility index (Phi) is 9.70. The van der Waals surface area contributed by atoms with Crippen molar-refractivity contribution in [3.8, 4) is 40.8 Å². The summed E-state index contributed by atoms with van der Waals surface area (Å²) >= 11 is 4.66. The number of aromatic nitrogens is 6. The molecule has 4 heterocycles. The SMILES string of the molecule is COc1ccccc1Oc1c(NS(=O)(=O)C=Cc2cccs2)nc(-c2ncccn2)nc1OCCOc1ncc(Br)cn1. The second kappa shape index (κ2) is 14.0. The molecule has 0 aliphatic rings. The maximum atomic E-state index is 13.2. The van der Waals surface area contributed by atoms with Crippen LogP contribution in [0.2, 0.25) is 0 Å². The third kappa shape index (κ3) is 8.21. The Morgan fingerprint density at radius 2 is 1.65 bits per heavy atom. The molecule has 0 fully saturated rings. The van der Waals surface area contributed by atoms with Gasteiger partial charge in [-0.3, -0.25) is 4.72 Å². The summed E-state index contributed by atoms with van der Waals surface area (Å²) < 4.78 is 52.6. The zero-order valence-corrected chi connectivity index (χ0v) is 25.5. The quantitative estimate of drug-likeness (QED) is 0.161. The number of sulfonamides is 1. The van der Waals surface area contributed by atoms with E-state index in [1.165, 1.54) is 36.9 Å². The molecule has 1 aromatic carbocycles. The highest BCUT2D eigenvalue weighted by molar-refractivity contribution is 9.10. The van der Waals surface area contributed by atoms with E-state index >= 15 is 0 Å². The first-order chi connectivity index (χ1) is 20.9. The lowest BCUT2D eigenvalue weighted by atomic mass is 10.3. The fourth-order valence-corrected chi connectivity index (χ4v) is 5.08. The Morgan fingerprint density at radius 3 is 2.37 bits per heavy atom. The van der Waals surface area contributed by atoms with E-state index in [0.717, 1.165) is 10.3 Å². The van der Waals surface area contributed by atoms with Gasteiger partial charge in [-0.15, -0.1) is 11.3 Å². The molecule has 0 aliphatic heterocycles. The number of anilines is 1. The molecular formula is C27H22BrN7O6S2. The Bertz CT molecular complexity index is 1790. The van der Waals surface area contributed by atoms with Crippen LogP contribution in [-0.4, -0.2) is 58.6 Å². The van der Waals surface area contributed by atoms with E-state index in [0.29, 0.717) is 10.2 Å². The third-order valence-corrected chi connectivity index (χ3v) is 7.44. The largest absolute Gasteiger partial charge is 0.493 e. The molecule has 0 amide bonds. The number of hydrogen-bond donors (Lipinski definition) is 1. The minimum absolute atomic E-state index is 0.0138. The highest BCUT2D eigenvalue weighted by atomic mass is 79.9. The normalized spacial score (nSPS) is 11.3. The lowest BCUT2D eigenvalue weighted by Crippen LogP contribution is -2.15. The van der Waals surface area contributed by atoms with Crippen LogP contribution < -0.4 is 23.7 Å². The van der Waals surface area contributed by atoms with Crippen LogP contribution in [0.25, 0.3) is 17.7 Å². The minimum atomic E-state index is -4.09. The minimum Gasteiger partial charge on any atom is -0.493 e. The first-order valence-corrected chi connectivity index (χ1v) is 15.6. The number of benzene rings is 1. The number of nitrogens with one attached hydrogen (secondary N) is 1. The summed E-state index contributed by atoms with van der Waals surface area (Å²) in [7, 11) is -2.61. The van der Waals surface area contributed by atoms with Crippen molar-refractivity contribution in [2.45, 2.75) is 0 Å². The molecule has 4 aromatic heterocycles. The number of rotatable bonds is 13. The molecule has 0 saturated carbocycles. The van der Waals surface area contributed by atoms with Crippen LogP contribution in [0.15, 0.2) is 82.5 Å². The number of ether oxygens (including phenoxy) is 4. The van der Waals surface area contributed by atoms with Gasteiger partial charge < -0.3 is 18.9 Å². The van der Waals surface area contributed by atoms with Crippen LogP contribution in [0.1, 0.15) is 4.88 Å². The molecule has 0 bridgehead atoms. The van der Waals surface area contributed by atoms with Gasteiger partial charge in [-0.2, -0.15) is 4.98 Å². The van der Waals surface area contributed by atoms with Gasteiger partial charge in [-0.05, 0) is 51.7 Å². The smallest absolute Gasteiger partial charge is 0.316 e. The zero-order chi connectivity index (χ0) is 30.1. The molecule has 0 spiro atoms. The van der Waals surface area contributed by atoms with Gasteiger partial charge in [0.25, 0.3) is 15.9 Å². The van der Waals surface area contributed by atoms with E-state index in [9.17, 15) is 8.42 Å². The number of thiophene rings is 1. The van der Waals surface area contributed by atoms with E-state index in [4.69, 9.17) is 18.9 Å². The topological polar surface area (TPSA) is 160 Å². The fraction of sp³-hybridized carbons (Fsp3) is 0.111. The third-order valence-electron chi connectivity index (χ3n) is 5.22. The van der Waals surface area contributed by atoms with Crippen LogP contribution in [-0.2, 0) is 10.0 Å². The van der Waals surface area contributed by atoms with Gasteiger partial charge in [0, 0.05) is 29.7 Å². The van der Waals surface area contributed by atoms with Gasteiger partial charge in [0.05, 0.1) is 17.0 Å². The lowest BCUT2D eigenvalue weighted by molar-refractivity contribution is 0.197. The molecular weight excluding hydrogens is 662 g/mol. The van der Waals surface area contributed by atoms with Crippen molar-refractivity contribution in [3.05, 3.63) is 87.4 Å². The maximum absolute atomic E-state index is 13.2. The van der Waals surface area contributed by atoms with Gasteiger partial charge in [0.15, 0.2) is 23.1 Å². The molecule has 16 heteroatoms. The number of methoxy groups -OCH3 is 1. The van der Waals surface area contributed by atoms with Crippen LogP contribution in [0, 0.1) is 0 Å². The molecule has 0 unspecified atom stereocenters. The van der Waals surface area contributed by atoms with Crippen LogP contribution in [0.5, 0.6) is 29.1 Å². The van der Waals surface area contributed by atoms with E-state index in [2.05, 4.69) is 50.6 Å². The van der Waals surface area contributed by atoms with Crippen molar-refractivity contribution in [1.29, 1.82) is 0 Å². The predicted octanol–water partition coefficient (Wildman–Crippen LogP) is 5.22. The van der Waals surface area contributed by atoms with Crippen molar-refractivity contribution < 1.29 is 27.4 Å². The standard InChI is InChI=1S/C27H22BrN7O6S2/c1-38-20-7-2-3-8-21(20)41-22-23(35-43(36,37)15-9-19-6-4-14-42-19)33-25(24-29-10-5-11-30-24)34-26(22)39-12-13-40-27-31-16-18(28)17-32-27/h2-11,14-17H,12-13H2,1H3,(H,33,34,35). The van der Waals surface area contributed by atoms with Crippen molar-refractivity contribution in [2.75, 3.05) is 25.0 Å². The number of nitrogens with zero attached hydrogens (tertiary/aromatic N) is 6. The highest BCUT2D eigenvalue weighted by Crippen LogP contribution is 2.41. The zero-order valence-electron chi connectivity index (χ0n) is 22.3. The summed E-state index contributed by atoms with van der Waals surface area (Å²) in [4.78, 5) is 26.1. The van der Waals surface area contributed by atoms with E-state index in [1.807, 2.05) is 11.4 Å². The Balaban J connectivity index is 1.52. The molecule has 0 aliphatic carbocycles. The fourth-order valence-electron chi connectivity index (χ4n) is 3.37. The molecule has 0 saturated heterocycles. The lowest BCUT2D eigenvalue weighted by Gasteiger charge is -2.17. The van der Waals surface area contributed by atoms with Crippen molar-refractivity contribution in [2.24, 2.45) is 0 Å². The second-order valence-electron chi connectivity index (χ2n) is 8.20. The summed E-state index contributed by atoms with van der Waals surface area (Å²) in [5.74, 6) is 0.305. The van der Waals surface area contributed by atoms with Gasteiger partial charge in [-0.25, -0.2) is 33.3 Å². The average molecular weight is 685 g/mol. The van der Waals surface area contributed by atoms with Crippen molar-refractivity contribution in [3.63, 3.8) is 0 Å². The molecule has 1 N–H and O–H groups in total. The molecule has 5 aromatic rings.